The van der Waals surface area contributed by atoms with Crippen LogP contribution in [-0.4, -0.2) is 23.7 Å². The molecule has 0 aromatic heterocycles. The Morgan fingerprint density at radius 1 is 1.11 bits per heavy atom. The summed E-state index contributed by atoms with van der Waals surface area (Å²) >= 11 is 7.53. The number of hydrogen-bond acceptors (Lipinski definition) is 4. The van der Waals surface area contributed by atoms with Crippen LogP contribution in [0, 0.1) is 0 Å². The zero-order valence-corrected chi connectivity index (χ0v) is 16.5. The molecular weight excluding hydrogens is 382 g/mol. The summed E-state index contributed by atoms with van der Waals surface area (Å²) in [4.78, 5) is 25.8. The maximum atomic E-state index is 12.5. The zero-order valence-electron chi connectivity index (χ0n) is 14.9. The lowest BCUT2D eigenvalue weighted by Gasteiger charge is -2.18. The van der Waals surface area contributed by atoms with Crippen molar-refractivity contribution in [3.05, 3.63) is 65.2 Å². The first-order valence-corrected chi connectivity index (χ1v) is 10.4. The van der Waals surface area contributed by atoms with Gasteiger partial charge in [-0.2, -0.15) is 0 Å². The van der Waals surface area contributed by atoms with E-state index in [0.717, 1.165) is 23.5 Å². The topological polar surface area (TPSA) is 55.4 Å². The number of carbonyl (C=O) groups excluding carboxylic acids is 2. The third-order valence-electron chi connectivity index (χ3n) is 4.12. The number of halogens is 1. The molecule has 0 saturated heterocycles. The average molecular weight is 404 g/mol. The van der Waals surface area contributed by atoms with Crippen molar-refractivity contribution in [3.8, 4) is 0 Å². The molecule has 0 aliphatic heterocycles. The van der Waals surface area contributed by atoms with Gasteiger partial charge in [0.2, 0.25) is 6.10 Å². The van der Waals surface area contributed by atoms with Gasteiger partial charge in [0.15, 0.2) is 0 Å². The molecule has 27 heavy (non-hydrogen) atoms. The number of hydrogen-bond donors (Lipinski definition) is 1. The van der Waals surface area contributed by atoms with E-state index in [-0.39, 0.29) is 24.3 Å². The molecule has 1 atom stereocenters. The van der Waals surface area contributed by atoms with Gasteiger partial charge in [-0.05, 0) is 49.3 Å². The van der Waals surface area contributed by atoms with Crippen LogP contribution in [0.3, 0.4) is 0 Å². The summed E-state index contributed by atoms with van der Waals surface area (Å²) in [7, 11) is 0. The summed E-state index contributed by atoms with van der Waals surface area (Å²) in [5, 5.41) is 3.63. The number of benzene rings is 2. The number of rotatable bonds is 9. The predicted octanol–water partition coefficient (Wildman–Crippen LogP) is 4.78. The van der Waals surface area contributed by atoms with Crippen LogP contribution in [0.4, 0.5) is 0 Å². The Kier molecular flexibility index (Phi) is 7.18. The largest absolute Gasteiger partial charge is 0.447 e. The van der Waals surface area contributed by atoms with Gasteiger partial charge in [0.1, 0.15) is 0 Å². The maximum Gasteiger partial charge on any atom is 0.306 e. The highest BCUT2D eigenvalue weighted by Crippen LogP contribution is 2.24. The van der Waals surface area contributed by atoms with Gasteiger partial charge in [-0.25, -0.2) is 0 Å². The Morgan fingerprint density at radius 3 is 2.48 bits per heavy atom. The van der Waals surface area contributed by atoms with E-state index in [9.17, 15) is 9.59 Å². The number of thioether (sulfide) groups is 1. The highest BCUT2D eigenvalue weighted by atomic mass is 35.5. The van der Waals surface area contributed by atoms with Crippen LogP contribution in [0.1, 0.15) is 37.4 Å². The van der Waals surface area contributed by atoms with Crippen molar-refractivity contribution in [2.24, 2.45) is 0 Å². The molecule has 1 N–H and O–H groups in total. The Labute approximate surface area is 168 Å². The first-order chi connectivity index (χ1) is 13.1. The number of nitrogens with one attached hydrogen (secondary N) is 1. The predicted molar refractivity (Wildman–Crippen MR) is 108 cm³/mol. The van der Waals surface area contributed by atoms with Gasteiger partial charge >= 0.3 is 5.97 Å². The van der Waals surface area contributed by atoms with Crippen LogP contribution in [0.25, 0.3) is 0 Å². The third kappa shape index (κ3) is 6.60. The smallest absolute Gasteiger partial charge is 0.306 e. The highest BCUT2D eigenvalue weighted by Gasteiger charge is 2.30. The van der Waals surface area contributed by atoms with Crippen LogP contribution in [0.15, 0.2) is 59.5 Å². The monoisotopic (exact) mass is 403 g/mol. The molecule has 1 fully saturated rings. The maximum absolute atomic E-state index is 12.5. The molecule has 1 aliphatic rings. The van der Waals surface area contributed by atoms with Crippen LogP contribution in [0.2, 0.25) is 5.02 Å². The SMILES string of the molecule is O=C(CCCSc1ccc(Cl)cc1)OC(C(=O)NC1CC1)c1ccccc1. The summed E-state index contributed by atoms with van der Waals surface area (Å²) in [6.07, 6.45) is 2.05. The van der Waals surface area contributed by atoms with Crippen molar-refractivity contribution < 1.29 is 14.3 Å². The van der Waals surface area contributed by atoms with Crippen molar-refractivity contribution in [2.75, 3.05) is 5.75 Å². The lowest BCUT2D eigenvalue weighted by Crippen LogP contribution is -2.33. The van der Waals surface area contributed by atoms with E-state index in [1.807, 2.05) is 42.5 Å². The highest BCUT2D eigenvalue weighted by molar-refractivity contribution is 7.99. The van der Waals surface area contributed by atoms with Gasteiger partial charge in [0, 0.05) is 27.9 Å². The molecule has 0 spiro atoms. The van der Waals surface area contributed by atoms with E-state index >= 15 is 0 Å². The Bertz CT molecular complexity index is 763. The van der Waals surface area contributed by atoms with Gasteiger partial charge in [-0.15, -0.1) is 11.8 Å². The molecule has 1 amide bonds. The molecule has 0 heterocycles. The van der Waals surface area contributed by atoms with Gasteiger partial charge in [-0.3, -0.25) is 9.59 Å². The van der Waals surface area contributed by atoms with Crippen molar-refractivity contribution in [3.63, 3.8) is 0 Å². The molecule has 2 aromatic rings. The van der Waals surface area contributed by atoms with Crippen LogP contribution in [0.5, 0.6) is 0 Å². The normalized spacial score (nSPS) is 14.4. The van der Waals surface area contributed by atoms with Crippen molar-refractivity contribution in [1.82, 2.24) is 5.32 Å². The minimum absolute atomic E-state index is 0.221. The molecule has 1 aliphatic carbocycles. The number of ether oxygens (including phenoxy) is 1. The lowest BCUT2D eigenvalue weighted by molar-refractivity contribution is -0.156. The van der Waals surface area contributed by atoms with Crippen LogP contribution in [-0.2, 0) is 14.3 Å². The van der Waals surface area contributed by atoms with E-state index in [1.54, 1.807) is 23.9 Å². The fourth-order valence-corrected chi connectivity index (χ4v) is 3.51. The molecule has 4 nitrogen and oxygen atoms in total. The Balaban J connectivity index is 1.48. The molecule has 6 heteroatoms. The van der Waals surface area contributed by atoms with Crippen LogP contribution >= 0.6 is 23.4 Å². The molecule has 142 valence electrons. The van der Waals surface area contributed by atoms with Gasteiger partial charge in [0.25, 0.3) is 5.91 Å². The van der Waals surface area contributed by atoms with E-state index < -0.39 is 6.10 Å². The second-order valence-electron chi connectivity index (χ2n) is 6.47. The standard InChI is InChI=1S/C21H22ClNO3S/c22-16-8-12-18(13-9-16)27-14-4-7-19(24)26-20(15-5-2-1-3-6-15)21(25)23-17-10-11-17/h1-3,5-6,8-9,12-13,17,20H,4,7,10-11,14H2,(H,23,25). The Morgan fingerprint density at radius 2 is 1.81 bits per heavy atom. The first kappa shape index (κ1) is 19.8. The van der Waals surface area contributed by atoms with E-state index in [1.165, 1.54) is 0 Å². The summed E-state index contributed by atoms with van der Waals surface area (Å²) in [6.45, 7) is 0. The van der Waals surface area contributed by atoms with Crippen molar-refractivity contribution in [1.29, 1.82) is 0 Å². The summed E-state index contributed by atoms with van der Waals surface area (Å²) in [6, 6.07) is 17.0. The number of carbonyl (C=O) groups is 2. The summed E-state index contributed by atoms with van der Waals surface area (Å²) in [5.74, 6) is 0.195. The quantitative estimate of drug-likeness (QED) is 0.372. The third-order valence-corrected chi connectivity index (χ3v) is 5.47. The molecule has 3 rings (SSSR count). The average Bonchev–Trinajstić information content (AvgIpc) is 3.49. The van der Waals surface area contributed by atoms with E-state index in [4.69, 9.17) is 16.3 Å². The molecular formula is C21H22ClNO3S. The summed E-state index contributed by atoms with van der Waals surface area (Å²) in [5.41, 5.74) is 0.694. The molecule has 1 saturated carbocycles. The second-order valence-corrected chi connectivity index (χ2v) is 8.07. The second kappa shape index (κ2) is 9.81. The molecule has 1 unspecified atom stereocenters. The van der Waals surface area contributed by atoms with Gasteiger partial charge < -0.3 is 10.1 Å². The molecule has 0 bridgehead atoms. The summed E-state index contributed by atoms with van der Waals surface area (Å²) < 4.78 is 5.52. The zero-order chi connectivity index (χ0) is 19.1. The minimum Gasteiger partial charge on any atom is -0.447 e. The van der Waals surface area contributed by atoms with Gasteiger partial charge in [0.05, 0.1) is 0 Å². The molecule has 0 radical (unpaired) electrons. The first-order valence-electron chi connectivity index (χ1n) is 9.05. The minimum atomic E-state index is -0.886. The van der Waals surface area contributed by atoms with Crippen LogP contribution < -0.4 is 5.32 Å². The fourth-order valence-electron chi connectivity index (χ4n) is 2.53. The fraction of sp³-hybridized carbons (Fsp3) is 0.333. The lowest BCUT2D eigenvalue weighted by atomic mass is 10.1. The molecule has 2 aromatic carbocycles. The van der Waals surface area contributed by atoms with E-state index in [0.29, 0.717) is 17.0 Å². The van der Waals surface area contributed by atoms with Crippen molar-refractivity contribution in [2.45, 2.75) is 42.7 Å². The number of amides is 1. The van der Waals surface area contributed by atoms with Crippen molar-refractivity contribution >= 4 is 35.2 Å². The van der Waals surface area contributed by atoms with Gasteiger partial charge in [-0.1, -0.05) is 41.9 Å². The Hall–Kier alpha value is -1.98. The number of esters is 1. The van der Waals surface area contributed by atoms with E-state index in [2.05, 4.69) is 5.32 Å².